The Bertz CT molecular complexity index is 787. The van der Waals surface area contributed by atoms with Crippen LogP contribution in [0.5, 0.6) is 0 Å². The normalized spacial score (nSPS) is 11.5. The van der Waals surface area contributed by atoms with Crippen molar-refractivity contribution in [3.05, 3.63) is 42.0 Å². The zero-order valence-electron chi connectivity index (χ0n) is 16.9. The molecule has 5 heteroatoms. The van der Waals surface area contributed by atoms with Gasteiger partial charge in [0.25, 0.3) is 0 Å². The molecule has 0 spiro atoms. The average Bonchev–Trinajstić information content (AvgIpc) is 2.62. The van der Waals surface area contributed by atoms with Gasteiger partial charge in [-0.3, -0.25) is 0 Å². The standard InChI is InChI=1S/C22H32O3S.Na/c1-2-3-4-5-6-7-8-9-10-11-12-19-13-14-21-18-22(26(23,24)25)16-15-20(21)17-19;/h13-18H,2-12H2,1H3,(H,23,24,25);/q;+1/p-1. The predicted molar refractivity (Wildman–Crippen MR) is 107 cm³/mol. The fraction of sp³-hybridized carbons (Fsp3) is 0.545. The van der Waals surface area contributed by atoms with Crippen molar-refractivity contribution < 1.29 is 42.5 Å². The van der Waals surface area contributed by atoms with Gasteiger partial charge in [0.2, 0.25) is 0 Å². The molecule has 0 N–H and O–H groups in total. The van der Waals surface area contributed by atoms with Crippen LogP contribution in [0.1, 0.15) is 76.7 Å². The van der Waals surface area contributed by atoms with Gasteiger partial charge in [-0.25, -0.2) is 8.42 Å². The van der Waals surface area contributed by atoms with Gasteiger partial charge in [-0.2, -0.15) is 0 Å². The summed E-state index contributed by atoms with van der Waals surface area (Å²) in [6, 6.07) is 10.6. The number of benzene rings is 2. The van der Waals surface area contributed by atoms with Crippen LogP contribution in [0.4, 0.5) is 0 Å². The molecule has 2 aromatic carbocycles. The molecule has 0 unspecified atom stereocenters. The molecule has 0 amide bonds. The molecule has 0 saturated carbocycles. The SMILES string of the molecule is CCCCCCCCCCCCc1ccc2cc(S(=O)(=O)[O-])ccc2c1.[Na+]. The summed E-state index contributed by atoms with van der Waals surface area (Å²) in [5.74, 6) is 0. The maximum absolute atomic E-state index is 11.1. The molecule has 0 fully saturated rings. The van der Waals surface area contributed by atoms with E-state index in [1.807, 2.05) is 12.1 Å². The quantitative estimate of drug-likeness (QED) is 0.313. The molecule has 27 heavy (non-hydrogen) atoms. The fourth-order valence-corrected chi connectivity index (χ4v) is 3.91. The summed E-state index contributed by atoms with van der Waals surface area (Å²) < 4.78 is 33.3. The van der Waals surface area contributed by atoms with E-state index in [4.69, 9.17) is 0 Å². The van der Waals surface area contributed by atoms with E-state index in [0.29, 0.717) is 0 Å². The zero-order chi connectivity index (χ0) is 18.8. The predicted octanol–water partition coefficient (Wildman–Crippen LogP) is 3.21. The smallest absolute Gasteiger partial charge is 0.744 e. The van der Waals surface area contributed by atoms with Gasteiger partial charge < -0.3 is 4.55 Å². The van der Waals surface area contributed by atoms with Gasteiger partial charge in [-0.05, 0) is 41.3 Å². The van der Waals surface area contributed by atoms with E-state index in [1.54, 1.807) is 6.07 Å². The Morgan fingerprint density at radius 2 is 1.26 bits per heavy atom. The summed E-state index contributed by atoms with van der Waals surface area (Å²) in [4.78, 5) is -0.160. The molecule has 0 atom stereocenters. The zero-order valence-corrected chi connectivity index (χ0v) is 19.7. The topological polar surface area (TPSA) is 57.2 Å². The first-order valence-corrected chi connectivity index (χ1v) is 11.4. The van der Waals surface area contributed by atoms with Crippen molar-refractivity contribution in [1.82, 2.24) is 0 Å². The maximum atomic E-state index is 11.1. The molecular formula is C22H31NaO3S. The van der Waals surface area contributed by atoms with Crippen molar-refractivity contribution in [2.75, 3.05) is 0 Å². The summed E-state index contributed by atoms with van der Waals surface area (Å²) in [7, 11) is -4.39. The molecular weight excluding hydrogens is 367 g/mol. The summed E-state index contributed by atoms with van der Waals surface area (Å²) in [6.07, 6.45) is 14.4. The van der Waals surface area contributed by atoms with Crippen LogP contribution in [0.2, 0.25) is 0 Å². The molecule has 0 radical (unpaired) electrons. The fourth-order valence-electron chi connectivity index (χ4n) is 3.40. The van der Waals surface area contributed by atoms with Crippen LogP contribution in [0.25, 0.3) is 10.8 Å². The van der Waals surface area contributed by atoms with Gasteiger partial charge in [-0.1, -0.05) is 89.0 Å². The Morgan fingerprint density at radius 3 is 1.85 bits per heavy atom. The minimum atomic E-state index is -4.39. The first-order valence-electron chi connectivity index (χ1n) is 9.99. The first kappa shape index (κ1) is 24.6. The minimum Gasteiger partial charge on any atom is -0.744 e. The van der Waals surface area contributed by atoms with E-state index in [-0.39, 0.29) is 34.5 Å². The molecule has 2 rings (SSSR count). The summed E-state index contributed by atoms with van der Waals surface area (Å²) in [6.45, 7) is 2.25. The third-order valence-corrected chi connectivity index (χ3v) is 5.82. The number of hydrogen-bond donors (Lipinski definition) is 0. The average molecular weight is 399 g/mol. The van der Waals surface area contributed by atoms with Crippen LogP contribution in [0.15, 0.2) is 41.3 Å². The van der Waals surface area contributed by atoms with E-state index in [9.17, 15) is 13.0 Å². The third-order valence-electron chi connectivity index (χ3n) is 4.98. The number of unbranched alkanes of at least 4 members (excludes halogenated alkanes) is 9. The van der Waals surface area contributed by atoms with Crippen molar-refractivity contribution in [3.63, 3.8) is 0 Å². The maximum Gasteiger partial charge on any atom is 1.00 e. The molecule has 0 aliphatic heterocycles. The van der Waals surface area contributed by atoms with E-state index in [0.717, 1.165) is 17.2 Å². The molecule has 0 aliphatic rings. The second kappa shape index (κ2) is 12.9. The van der Waals surface area contributed by atoms with Crippen LogP contribution in [-0.2, 0) is 16.5 Å². The van der Waals surface area contributed by atoms with Gasteiger partial charge in [0.1, 0.15) is 10.1 Å². The second-order valence-electron chi connectivity index (χ2n) is 7.23. The van der Waals surface area contributed by atoms with Gasteiger partial charge >= 0.3 is 29.6 Å². The van der Waals surface area contributed by atoms with Crippen LogP contribution >= 0.6 is 0 Å². The molecule has 0 aromatic heterocycles. The number of rotatable bonds is 12. The molecule has 0 saturated heterocycles. The largest absolute Gasteiger partial charge is 1.00 e. The van der Waals surface area contributed by atoms with Crippen molar-refractivity contribution in [2.45, 2.75) is 82.4 Å². The number of hydrogen-bond acceptors (Lipinski definition) is 3. The Labute approximate surface area is 187 Å². The van der Waals surface area contributed by atoms with Crippen molar-refractivity contribution in [1.29, 1.82) is 0 Å². The van der Waals surface area contributed by atoms with Gasteiger partial charge in [0, 0.05) is 0 Å². The summed E-state index contributed by atoms with van der Waals surface area (Å²) >= 11 is 0. The Balaban J connectivity index is 0.00000364. The van der Waals surface area contributed by atoms with Crippen molar-refractivity contribution in [3.8, 4) is 0 Å². The Morgan fingerprint density at radius 1 is 0.741 bits per heavy atom. The van der Waals surface area contributed by atoms with Crippen LogP contribution in [0, 0.1) is 0 Å². The van der Waals surface area contributed by atoms with Gasteiger partial charge in [0.15, 0.2) is 0 Å². The van der Waals surface area contributed by atoms with Crippen LogP contribution in [0.3, 0.4) is 0 Å². The molecule has 3 nitrogen and oxygen atoms in total. The second-order valence-corrected chi connectivity index (χ2v) is 8.61. The molecule has 144 valence electrons. The first-order chi connectivity index (χ1) is 12.5. The molecule has 0 heterocycles. The number of fused-ring (bicyclic) bond motifs is 1. The van der Waals surface area contributed by atoms with Gasteiger partial charge in [0.05, 0.1) is 4.90 Å². The van der Waals surface area contributed by atoms with E-state index >= 15 is 0 Å². The van der Waals surface area contributed by atoms with E-state index in [2.05, 4.69) is 13.0 Å². The molecule has 0 bridgehead atoms. The Hall–Kier alpha value is -0.390. The Kier molecular flexibility index (Phi) is 11.8. The monoisotopic (exact) mass is 398 g/mol. The molecule has 2 aromatic rings. The number of aryl methyl sites for hydroxylation is 1. The molecule has 0 aliphatic carbocycles. The van der Waals surface area contributed by atoms with Crippen molar-refractivity contribution >= 4 is 20.9 Å². The third kappa shape index (κ3) is 9.10. The minimum absolute atomic E-state index is 0. The van der Waals surface area contributed by atoms with Gasteiger partial charge in [-0.15, -0.1) is 0 Å². The van der Waals surface area contributed by atoms with E-state index in [1.165, 1.54) is 81.9 Å². The van der Waals surface area contributed by atoms with Crippen LogP contribution < -0.4 is 29.6 Å². The van der Waals surface area contributed by atoms with Crippen molar-refractivity contribution in [2.24, 2.45) is 0 Å². The van der Waals surface area contributed by atoms with E-state index < -0.39 is 10.1 Å². The van der Waals surface area contributed by atoms with Crippen LogP contribution in [-0.4, -0.2) is 13.0 Å². The summed E-state index contributed by atoms with van der Waals surface area (Å²) in [5.41, 5.74) is 1.27. The summed E-state index contributed by atoms with van der Waals surface area (Å²) in [5, 5.41) is 1.79.